The predicted octanol–water partition coefficient (Wildman–Crippen LogP) is 3.55. The number of amides is 1. The highest BCUT2D eigenvalue weighted by atomic mass is 35.5. The molecule has 0 spiro atoms. The maximum atomic E-state index is 13.0. The minimum absolute atomic E-state index is 0.0880. The summed E-state index contributed by atoms with van der Waals surface area (Å²) in [6.07, 6.45) is 0.725. The number of halogens is 1. The number of likely N-dealkylation sites (tertiary alicyclic amines) is 1. The van der Waals surface area contributed by atoms with Crippen molar-refractivity contribution in [2.45, 2.75) is 12.5 Å². The van der Waals surface area contributed by atoms with Gasteiger partial charge in [0.15, 0.2) is 0 Å². The second kappa shape index (κ2) is 10.0. The summed E-state index contributed by atoms with van der Waals surface area (Å²) in [5.41, 5.74) is 0.453. The van der Waals surface area contributed by atoms with Crippen LogP contribution in [0.15, 0.2) is 41.3 Å². The number of rotatable bonds is 7. The first kappa shape index (κ1) is 22.8. The van der Waals surface area contributed by atoms with Crippen molar-refractivity contribution >= 4 is 40.4 Å². The summed E-state index contributed by atoms with van der Waals surface area (Å²) < 4.78 is 10.5. The monoisotopic (exact) mass is 476 g/mol. The number of carbonyl (C=O) groups excluding carboxylic acids is 2. The molecule has 4 rings (SSSR count). The average molecular weight is 477 g/mol. The van der Waals surface area contributed by atoms with Gasteiger partial charge in [0.05, 0.1) is 37.0 Å². The molecule has 1 atom stereocenters. The van der Waals surface area contributed by atoms with E-state index in [0.29, 0.717) is 36.1 Å². The van der Waals surface area contributed by atoms with E-state index in [0.717, 1.165) is 30.9 Å². The minimum Gasteiger partial charge on any atom is -0.507 e. The molecule has 0 unspecified atom stereocenters. The number of Topliss-reactive ketones (excluding diaryl/α,β-unsaturated/α-hetero) is 1. The first-order valence-corrected chi connectivity index (χ1v) is 11.7. The third-order valence-corrected chi connectivity index (χ3v) is 6.98. The Kier molecular flexibility index (Phi) is 7.15. The number of benzene rings is 1. The Morgan fingerprint density at radius 2 is 2.03 bits per heavy atom. The molecule has 2 aliphatic heterocycles. The van der Waals surface area contributed by atoms with Gasteiger partial charge >= 0.3 is 0 Å². The highest BCUT2D eigenvalue weighted by molar-refractivity contribution is 7.10. The molecular weight excluding hydrogens is 452 g/mol. The Morgan fingerprint density at radius 3 is 2.69 bits per heavy atom. The first-order chi connectivity index (χ1) is 15.5. The maximum absolute atomic E-state index is 13.0. The molecule has 2 aromatic rings. The van der Waals surface area contributed by atoms with Gasteiger partial charge in [-0.1, -0.05) is 17.7 Å². The number of thiophene rings is 1. The van der Waals surface area contributed by atoms with Crippen molar-refractivity contribution < 1.29 is 24.2 Å². The van der Waals surface area contributed by atoms with Gasteiger partial charge in [0.25, 0.3) is 11.7 Å². The number of methoxy groups -OCH3 is 1. The van der Waals surface area contributed by atoms with Crippen molar-refractivity contribution in [2.75, 3.05) is 46.5 Å². The highest BCUT2D eigenvalue weighted by Crippen LogP contribution is 2.41. The molecule has 32 heavy (non-hydrogen) atoms. The Bertz CT molecular complexity index is 1020. The van der Waals surface area contributed by atoms with Gasteiger partial charge in [-0.15, -0.1) is 11.3 Å². The number of ether oxygens (including phenoxy) is 2. The Balaban J connectivity index is 1.63. The van der Waals surface area contributed by atoms with Crippen LogP contribution in [0.2, 0.25) is 5.02 Å². The molecule has 0 radical (unpaired) electrons. The number of aliphatic hydroxyl groups excluding tert-OH is 1. The minimum atomic E-state index is -0.681. The standard InChI is InChI=1S/C23H25ClN2O5S/c1-30-17-6-5-15(14-16(17)24)21(27)19-20(18-4-2-13-32-18)26(23(29)22(19)28)8-3-7-25-9-11-31-12-10-25/h2,4-6,13-14,20,27H,3,7-12H2,1H3/b21-19+/t20-/m0/s1. The summed E-state index contributed by atoms with van der Waals surface area (Å²) in [5.74, 6) is -1.05. The fourth-order valence-electron chi connectivity index (χ4n) is 4.11. The SMILES string of the molecule is COc1ccc(/C(O)=C2\C(=O)C(=O)N(CCCN3CCOCC3)[C@H]2c2cccs2)cc1Cl. The second-order valence-corrected chi connectivity index (χ2v) is 9.05. The van der Waals surface area contributed by atoms with Crippen LogP contribution in [-0.4, -0.2) is 73.1 Å². The Morgan fingerprint density at radius 1 is 1.25 bits per heavy atom. The Labute approximate surface area is 195 Å². The van der Waals surface area contributed by atoms with Crippen LogP contribution in [-0.2, 0) is 14.3 Å². The van der Waals surface area contributed by atoms with E-state index in [4.69, 9.17) is 21.1 Å². The van der Waals surface area contributed by atoms with E-state index >= 15 is 0 Å². The van der Waals surface area contributed by atoms with Crippen LogP contribution in [0, 0.1) is 0 Å². The van der Waals surface area contributed by atoms with E-state index < -0.39 is 17.7 Å². The van der Waals surface area contributed by atoms with Crippen molar-refractivity contribution in [1.29, 1.82) is 0 Å². The molecule has 7 nitrogen and oxygen atoms in total. The molecule has 3 heterocycles. The van der Waals surface area contributed by atoms with Gasteiger partial charge in [0, 0.05) is 36.6 Å². The van der Waals surface area contributed by atoms with Gasteiger partial charge in [-0.3, -0.25) is 14.5 Å². The number of carbonyl (C=O) groups is 2. The fraction of sp³-hybridized carbons (Fsp3) is 0.391. The molecule has 9 heteroatoms. The lowest BCUT2D eigenvalue weighted by atomic mass is 9.99. The van der Waals surface area contributed by atoms with E-state index in [9.17, 15) is 14.7 Å². The second-order valence-electron chi connectivity index (χ2n) is 7.66. The van der Waals surface area contributed by atoms with Gasteiger partial charge in [0.1, 0.15) is 11.5 Å². The molecule has 1 N–H and O–H groups in total. The van der Waals surface area contributed by atoms with Crippen molar-refractivity contribution in [1.82, 2.24) is 9.80 Å². The molecule has 0 bridgehead atoms. The summed E-state index contributed by atoms with van der Waals surface area (Å²) in [4.78, 5) is 30.7. The lowest BCUT2D eigenvalue weighted by Gasteiger charge is -2.28. The third-order valence-electron chi connectivity index (χ3n) is 5.75. The molecular formula is C23H25ClN2O5S. The van der Waals surface area contributed by atoms with Crippen LogP contribution in [0.1, 0.15) is 22.9 Å². The molecule has 1 aromatic heterocycles. The highest BCUT2D eigenvalue weighted by Gasteiger charge is 2.46. The molecule has 170 valence electrons. The summed E-state index contributed by atoms with van der Waals surface area (Å²) >= 11 is 7.67. The van der Waals surface area contributed by atoms with Crippen molar-refractivity contribution in [3.8, 4) is 5.75 Å². The summed E-state index contributed by atoms with van der Waals surface area (Å²) in [6.45, 7) is 4.40. The van der Waals surface area contributed by atoms with Crippen molar-refractivity contribution in [2.24, 2.45) is 0 Å². The van der Waals surface area contributed by atoms with Gasteiger partial charge in [-0.05, 0) is 36.1 Å². The normalized spacial score (nSPS) is 21.3. The topological polar surface area (TPSA) is 79.3 Å². The number of hydrogen-bond acceptors (Lipinski definition) is 7. The smallest absolute Gasteiger partial charge is 0.295 e. The number of ketones is 1. The molecule has 0 aliphatic carbocycles. The van der Waals surface area contributed by atoms with Crippen LogP contribution in [0.5, 0.6) is 5.75 Å². The zero-order valence-electron chi connectivity index (χ0n) is 17.8. The lowest BCUT2D eigenvalue weighted by molar-refractivity contribution is -0.140. The van der Waals surface area contributed by atoms with E-state index in [-0.39, 0.29) is 11.3 Å². The number of nitrogens with zero attached hydrogens (tertiary/aromatic N) is 2. The van der Waals surface area contributed by atoms with Crippen LogP contribution in [0.3, 0.4) is 0 Å². The van der Waals surface area contributed by atoms with Crippen LogP contribution >= 0.6 is 22.9 Å². The molecule has 2 fully saturated rings. The van der Waals surface area contributed by atoms with Crippen LogP contribution < -0.4 is 4.74 Å². The largest absolute Gasteiger partial charge is 0.507 e. The van der Waals surface area contributed by atoms with Gasteiger partial charge in [-0.2, -0.15) is 0 Å². The zero-order chi connectivity index (χ0) is 22.7. The van der Waals surface area contributed by atoms with Gasteiger partial charge < -0.3 is 19.5 Å². The predicted molar refractivity (Wildman–Crippen MR) is 123 cm³/mol. The quantitative estimate of drug-likeness (QED) is 0.374. The first-order valence-electron chi connectivity index (χ1n) is 10.5. The average Bonchev–Trinajstić information content (AvgIpc) is 3.42. The number of morpholine rings is 1. The van der Waals surface area contributed by atoms with Crippen LogP contribution in [0.4, 0.5) is 0 Å². The van der Waals surface area contributed by atoms with E-state index in [1.807, 2.05) is 17.5 Å². The molecule has 1 aromatic carbocycles. The third kappa shape index (κ3) is 4.54. The van der Waals surface area contributed by atoms with E-state index in [2.05, 4.69) is 4.90 Å². The summed E-state index contributed by atoms with van der Waals surface area (Å²) in [7, 11) is 1.50. The zero-order valence-corrected chi connectivity index (χ0v) is 19.3. The summed E-state index contributed by atoms with van der Waals surface area (Å²) in [5, 5.41) is 13.3. The van der Waals surface area contributed by atoms with Crippen molar-refractivity contribution in [3.05, 3.63) is 56.7 Å². The number of hydrogen-bond donors (Lipinski definition) is 1. The van der Waals surface area contributed by atoms with E-state index in [1.165, 1.54) is 24.5 Å². The molecule has 1 amide bonds. The molecule has 0 saturated carbocycles. The lowest BCUT2D eigenvalue weighted by Crippen LogP contribution is -2.38. The maximum Gasteiger partial charge on any atom is 0.295 e. The van der Waals surface area contributed by atoms with Gasteiger partial charge in [0.2, 0.25) is 0 Å². The molecule has 2 aliphatic rings. The Hall–Kier alpha value is -2.39. The van der Waals surface area contributed by atoms with E-state index in [1.54, 1.807) is 17.0 Å². The molecule has 2 saturated heterocycles. The fourth-order valence-corrected chi connectivity index (χ4v) is 5.21. The number of aliphatic hydroxyl groups is 1. The van der Waals surface area contributed by atoms with Crippen LogP contribution in [0.25, 0.3) is 5.76 Å². The van der Waals surface area contributed by atoms with Crippen molar-refractivity contribution in [3.63, 3.8) is 0 Å². The summed E-state index contributed by atoms with van der Waals surface area (Å²) in [6, 6.07) is 7.91. The van der Waals surface area contributed by atoms with Gasteiger partial charge in [-0.25, -0.2) is 0 Å².